The number of aryl methyl sites for hydroxylation is 3. The number of hydrogen-bond donors (Lipinski definition) is 0. The van der Waals surface area contributed by atoms with Crippen molar-refractivity contribution in [2.24, 2.45) is 0 Å². The quantitative estimate of drug-likeness (QED) is 0.517. The minimum atomic E-state index is -4.36. The van der Waals surface area contributed by atoms with Crippen LogP contribution in [-0.2, 0) is 20.0 Å². The van der Waals surface area contributed by atoms with E-state index in [1.165, 1.54) is 24.3 Å². The average molecular weight is 456 g/mol. The van der Waals surface area contributed by atoms with E-state index in [0.717, 1.165) is 16.7 Å². The van der Waals surface area contributed by atoms with Crippen molar-refractivity contribution in [3.63, 3.8) is 0 Å². The highest BCUT2D eigenvalue weighted by Gasteiger charge is 2.37. The lowest BCUT2D eigenvalue weighted by Gasteiger charge is -2.23. The Morgan fingerprint density at radius 3 is 1.58 bits per heavy atom. The van der Waals surface area contributed by atoms with Crippen LogP contribution in [-0.4, -0.2) is 27.1 Å². The molecule has 0 radical (unpaired) electrons. The van der Waals surface area contributed by atoms with Gasteiger partial charge in [-0.25, -0.2) is 16.8 Å². The van der Waals surface area contributed by atoms with Crippen LogP contribution in [0, 0.1) is 20.8 Å². The van der Waals surface area contributed by atoms with Crippen LogP contribution in [0.5, 0.6) is 0 Å². The molecular weight excluding hydrogens is 430 g/mol. The summed E-state index contributed by atoms with van der Waals surface area (Å²) in [7, 11) is -8.72. The van der Waals surface area contributed by atoms with Gasteiger partial charge in [-0.1, -0.05) is 75.5 Å². The van der Waals surface area contributed by atoms with Gasteiger partial charge in [0.25, 0.3) is 20.0 Å². The van der Waals surface area contributed by atoms with Gasteiger partial charge in [-0.3, -0.25) is 0 Å². The lowest BCUT2D eigenvalue weighted by Crippen LogP contribution is -2.38. The minimum absolute atomic E-state index is 0.0918. The van der Waals surface area contributed by atoms with Gasteiger partial charge in [0, 0.05) is 0 Å². The third kappa shape index (κ3) is 4.95. The van der Waals surface area contributed by atoms with Crippen molar-refractivity contribution >= 4 is 25.6 Å². The summed E-state index contributed by atoms with van der Waals surface area (Å²) in [6.45, 7) is 9.15. The zero-order chi connectivity index (χ0) is 22.8. The molecule has 0 spiro atoms. The van der Waals surface area contributed by atoms with E-state index in [0.29, 0.717) is 14.8 Å². The number of benzene rings is 3. The molecular formula is C24H25NO4S2. The fourth-order valence-corrected chi connectivity index (χ4v) is 6.70. The fourth-order valence-electron chi connectivity index (χ4n) is 3.07. The number of hydrogen-bond acceptors (Lipinski definition) is 4. The molecule has 0 atom stereocenters. The van der Waals surface area contributed by atoms with Crippen LogP contribution < -0.4 is 0 Å². The van der Waals surface area contributed by atoms with E-state index in [2.05, 4.69) is 6.58 Å². The molecule has 0 saturated carbocycles. The van der Waals surface area contributed by atoms with Gasteiger partial charge in [0.1, 0.15) is 0 Å². The van der Waals surface area contributed by atoms with Crippen LogP contribution in [0.4, 0.5) is 0 Å². The predicted octanol–water partition coefficient (Wildman–Crippen LogP) is 4.70. The Bertz CT molecular complexity index is 1230. The Morgan fingerprint density at radius 2 is 1.16 bits per heavy atom. The van der Waals surface area contributed by atoms with Gasteiger partial charge in [0.05, 0.1) is 16.3 Å². The van der Waals surface area contributed by atoms with E-state index < -0.39 is 26.6 Å². The molecule has 0 saturated heterocycles. The largest absolute Gasteiger partial charge is 0.256 e. The molecule has 0 aliphatic rings. The summed E-state index contributed by atoms with van der Waals surface area (Å²) in [6.07, 6.45) is 0. The highest BCUT2D eigenvalue weighted by atomic mass is 32.3. The molecule has 3 aromatic carbocycles. The topological polar surface area (TPSA) is 71.5 Å². The minimum Gasteiger partial charge on any atom is -0.206 e. The zero-order valence-electron chi connectivity index (χ0n) is 17.7. The number of sulfonamides is 2. The van der Waals surface area contributed by atoms with E-state index >= 15 is 0 Å². The molecule has 162 valence electrons. The Hall–Kier alpha value is -2.74. The first-order chi connectivity index (χ1) is 14.5. The zero-order valence-corrected chi connectivity index (χ0v) is 19.4. The van der Waals surface area contributed by atoms with Crippen molar-refractivity contribution < 1.29 is 16.8 Å². The van der Waals surface area contributed by atoms with Crippen molar-refractivity contribution in [2.75, 3.05) is 6.54 Å². The highest BCUT2D eigenvalue weighted by Crippen LogP contribution is 2.28. The van der Waals surface area contributed by atoms with Crippen LogP contribution in [0.25, 0.3) is 5.57 Å². The third-order valence-electron chi connectivity index (χ3n) is 4.92. The van der Waals surface area contributed by atoms with Crippen LogP contribution in [0.1, 0.15) is 22.3 Å². The van der Waals surface area contributed by atoms with Crippen LogP contribution in [0.15, 0.2) is 89.2 Å². The van der Waals surface area contributed by atoms with E-state index in [4.69, 9.17) is 0 Å². The van der Waals surface area contributed by atoms with Gasteiger partial charge < -0.3 is 0 Å². The number of rotatable bonds is 7. The van der Waals surface area contributed by atoms with Crippen molar-refractivity contribution in [1.82, 2.24) is 3.71 Å². The van der Waals surface area contributed by atoms with Gasteiger partial charge in [-0.2, -0.15) is 0 Å². The van der Waals surface area contributed by atoms with Crippen molar-refractivity contribution in [3.8, 4) is 0 Å². The van der Waals surface area contributed by atoms with Crippen LogP contribution >= 0.6 is 0 Å². The Kier molecular flexibility index (Phi) is 6.50. The van der Waals surface area contributed by atoms with Gasteiger partial charge >= 0.3 is 0 Å². The highest BCUT2D eigenvalue weighted by molar-refractivity contribution is 8.04. The first-order valence-corrected chi connectivity index (χ1v) is 12.6. The molecule has 0 aromatic heterocycles. The second-order valence-corrected chi connectivity index (χ2v) is 11.5. The molecule has 0 heterocycles. The summed E-state index contributed by atoms with van der Waals surface area (Å²) in [5.41, 5.74) is 3.78. The summed E-state index contributed by atoms with van der Waals surface area (Å²) >= 11 is 0. The summed E-state index contributed by atoms with van der Waals surface area (Å²) in [5, 5.41) is 0. The molecule has 0 N–H and O–H groups in total. The predicted molar refractivity (Wildman–Crippen MR) is 124 cm³/mol. The molecule has 31 heavy (non-hydrogen) atoms. The molecule has 0 fully saturated rings. The molecule has 0 aliphatic carbocycles. The summed E-state index contributed by atoms with van der Waals surface area (Å²) in [6, 6.07) is 19.6. The third-order valence-corrected chi connectivity index (χ3v) is 9.16. The van der Waals surface area contributed by atoms with Gasteiger partial charge in [-0.15, -0.1) is 0 Å². The van der Waals surface area contributed by atoms with Gasteiger partial charge in [-0.05, 0) is 56.2 Å². The van der Waals surface area contributed by atoms with E-state index in [9.17, 15) is 16.8 Å². The monoisotopic (exact) mass is 455 g/mol. The molecule has 7 heteroatoms. The number of nitrogens with zero attached hydrogens (tertiary/aromatic N) is 1. The molecule has 5 nitrogen and oxygen atoms in total. The molecule has 3 rings (SSSR count). The first-order valence-electron chi connectivity index (χ1n) is 9.68. The maximum atomic E-state index is 13.5. The molecule has 0 amide bonds. The van der Waals surface area contributed by atoms with Crippen molar-refractivity contribution in [2.45, 2.75) is 30.6 Å². The Balaban J connectivity index is 2.12. The second kappa shape index (κ2) is 8.78. The molecule has 3 aromatic rings. The van der Waals surface area contributed by atoms with Crippen molar-refractivity contribution in [3.05, 3.63) is 102 Å². The lowest BCUT2D eigenvalue weighted by atomic mass is 10.1. The second-order valence-electron chi connectivity index (χ2n) is 7.54. The van der Waals surface area contributed by atoms with Crippen molar-refractivity contribution in [1.29, 1.82) is 0 Å². The molecule has 0 bridgehead atoms. The normalized spacial score (nSPS) is 12.1. The standard InChI is InChI=1S/C24H25NO4S2/c1-18-8-12-23(13-9-18)30(26,27)25(17-21(4)22-7-5-6-20(3)16-22)31(28,29)24-14-10-19(2)11-15-24/h5-16H,4,17H2,1-3H3. The van der Waals surface area contributed by atoms with E-state index in [1.54, 1.807) is 30.3 Å². The first kappa shape index (κ1) is 22.9. The lowest BCUT2D eigenvalue weighted by molar-refractivity contribution is 0.515. The Labute approximate surface area is 184 Å². The van der Waals surface area contributed by atoms with Gasteiger partial charge in [0.2, 0.25) is 0 Å². The van der Waals surface area contributed by atoms with E-state index in [1.807, 2.05) is 39.0 Å². The maximum absolute atomic E-state index is 13.5. The summed E-state index contributed by atoms with van der Waals surface area (Å²) < 4.78 is 54.4. The summed E-state index contributed by atoms with van der Waals surface area (Å²) in [5.74, 6) is 0. The Morgan fingerprint density at radius 1 is 0.710 bits per heavy atom. The SMILES string of the molecule is C=C(CN(S(=O)(=O)c1ccc(C)cc1)S(=O)(=O)c1ccc(C)cc1)c1cccc(C)c1. The average Bonchev–Trinajstić information content (AvgIpc) is 2.72. The summed E-state index contributed by atoms with van der Waals surface area (Å²) in [4.78, 5) is -0.184. The van der Waals surface area contributed by atoms with Crippen LogP contribution in [0.3, 0.4) is 0 Å². The maximum Gasteiger partial charge on any atom is 0.256 e. The molecule has 0 aliphatic heterocycles. The fraction of sp³-hybridized carbons (Fsp3) is 0.167. The molecule has 0 unspecified atom stereocenters. The van der Waals surface area contributed by atoms with Crippen LogP contribution in [0.2, 0.25) is 0 Å². The van der Waals surface area contributed by atoms with Gasteiger partial charge in [0.15, 0.2) is 0 Å². The van der Waals surface area contributed by atoms with E-state index in [-0.39, 0.29) is 9.79 Å². The smallest absolute Gasteiger partial charge is 0.206 e.